The minimum absolute atomic E-state index is 0.153. The molecule has 1 aliphatic rings. The van der Waals surface area contributed by atoms with Crippen molar-refractivity contribution in [1.29, 1.82) is 0 Å². The maximum absolute atomic E-state index is 11.4. The van der Waals surface area contributed by atoms with Gasteiger partial charge in [-0.3, -0.25) is 14.6 Å². The van der Waals surface area contributed by atoms with Gasteiger partial charge in [0.2, 0.25) is 0 Å². The van der Waals surface area contributed by atoms with Gasteiger partial charge in [0.15, 0.2) is 0 Å². The first kappa shape index (κ1) is 15.3. The van der Waals surface area contributed by atoms with Gasteiger partial charge in [-0.1, -0.05) is 12.2 Å². The molecule has 0 aromatic rings. The third-order valence-electron chi connectivity index (χ3n) is 3.42. The molecule has 0 unspecified atom stereocenters. The van der Waals surface area contributed by atoms with E-state index in [9.17, 15) is 4.79 Å². The molecule has 0 radical (unpaired) electrons. The number of carbonyl (C=O) groups excluding carboxylic acids is 1. The summed E-state index contributed by atoms with van der Waals surface area (Å²) in [6.45, 7) is 10.1. The Morgan fingerprint density at radius 3 is 2.33 bits per heavy atom. The number of nitrogens with two attached hydrogens (primary N) is 1. The molecule has 1 fully saturated rings. The summed E-state index contributed by atoms with van der Waals surface area (Å²) in [7, 11) is 0. The fourth-order valence-corrected chi connectivity index (χ4v) is 2.14. The Morgan fingerprint density at radius 2 is 1.89 bits per heavy atom. The van der Waals surface area contributed by atoms with Crippen molar-refractivity contribution in [2.75, 3.05) is 39.3 Å². The second-order valence-electron chi connectivity index (χ2n) is 4.99. The molecule has 1 rings (SSSR count). The van der Waals surface area contributed by atoms with Crippen LogP contribution in [-0.4, -0.2) is 65.6 Å². The standard InChI is InChI=1S/C12H23N3O2S/c1-4-17-10(16)9-14-5-7-15(8-6-14)12(2,3)11(13)18/h4-9H2,1-3H3,(H2,13,18). The largest absolute Gasteiger partial charge is 0.465 e. The van der Waals surface area contributed by atoms with Crippen LogP contribution >= 0.6 is 12.2 Å². The van der Waals surface area contributed by atoms with Gasteiger partial charge in [-0.15, -0.1) is 0 Å². The number of ether oxygens (including phenoxy) is 1. The van der Waals surface area contributed by atoms with Crippen molar-refractivity contribution in [3.63, 3.8) is 0 Å². The van der Waals surface area contributed by atoms with Crippen molar-refractivity contribution in [3.05, 3.63) is 0 Å². The zero-order valence-electron chi connectivity index (χ0n) is 11.4. The Morgan fingerprint density at radius 1 is 1.33 bits per heavy atom. The molecule has 1 heterocycles. The summed E-state index contributed by atoms with van der Waals surface area (Å²) < 4.78 is 4.94. The summed E-state index contributed by atoms with van der Waals surface area (Å²) >= 11 is 5.09. The van der Waals surface area contributed by atoms with Crippen LogP contribution in [0.25, 0.3) is 0 Å². The van der Waals surface area contributed by atoms with Crippen molar-refractivity contribution >= 4 is 23.2 Å². The zero-order chi connectivity index (χ0) is 13.8. The molecular weight excluding hydrogens is 250 g/mol. The van der Waals surface area contributed by atoms with Gasteiger partial charge < -0.3 is 10.5 Å². The molecule has 104 valence electrons. The number of rotatable bonds is 5. The van der Waals surface area contributed by atoms with Crippen molar-refractivity contribution < 1.29 is 9.53 Å². The molecule has 1 aliphatic heterocycles. The minimum atomic E-state index is -0.259. The van der Waals surface area contributed by atoms with E-state index in [4.69, 9.17) is 22.7 Å². The highest BCUT2D eigenvalue weighted by molar-refractivity contribution is 7.80. The lowest BCUT2D eigenvalue weighted by atomic mass is 10.0. The van der Waals surface area contributed by atoms with E-state index in [0.29, 0.717) is 18.1 Å². The number of hydrogen-bond donors (Lipinski definition) is 1. The van der Waals surface area contributed by atoms with Gasteiger partial charge in [0.05, 0.1) is 23.7 Å². The molecule has 0 aromatic carbocycles. The fourth-order valence-electron chi connectivity index (χ4n) is 2.01. The van der Waals surface area contributed by atoms with Crippen LogP contribution in [0.4, 0.5) is 0 Å². The fraction of sp³-hybridized carbons (Fsp3) is 0.833. The van der Waals surface area contributed by atoms with Gasteiger partial charge in [-0.05, 0) is 20.8 Å². The lowest BCUT2D eigenvalue weighted by Gasteiger charge is -2.43. The molecule has 0 aliphatic carbocycles. The molecule has 6 heteroatoms. The van der Waals surface area contributed by atoms with E-state index in [1.807, 2.05) is 20.8 Å². The lowest BCUT2D eigenvalue weighted by molar-refractivity contribution is -0.144. The van der Waals surface area contributed by atoms with E-state index in [2.05, 4.69) is 9.80 Å². The van der Waals surface area contributed by atoms with Crippen molar-refractivity contribution in [2.24, 2.45) is 5.73 Å². The number of thiocarbonyl (C=S) groups is 1. The van der Waals surface area contributed by atoms with Gasteiger partial charge in [0.25, 0.3) is 0 Å². The van der Waals surface area contributed by atoms with Crippen molar-refractivity contribution in [3.8, 4) is 0 Å². The summed E-state index contributed by atoms with van der Waals surface area (Å²) in [4.78, 5) is 16.3. The van der Waals surface area contributed by atoms with E-state index >= 15 is 0 Å². The first-order valence-corrected chi connectivity index (χ1v) is 6.71. The molecular formula is C12H23N3O2S. The molecule has 18 heavy (non-hydrogen) atoms. The lowest BCUT2D eigenvalue weighted by Crippen LogP contribution is -2.59. The van der Waals surface area contributed by atoms with E-state index in [1.165, 1.54) is 0 Å². The van der Waals surface area contributed by atoms with E-state index < -0.39 is 0 Å². The van der Waals surface area contributed by atoms with Crippen LogP contribution in [0.5, 0.6) is 0 Å². The highest BCUT2D eigenvalue weighted by Gasteiger charge is 2.32. The average molecular weight is 273 g/mol. The van der Waals surface area contributed by atoms with Crippen LogP contribution < -0.4 is 5.73 Å². The molecule has 0 amide bonds. The summed E-state index contributed by atoms with van der Waals surface area (Å²) in [6.07, 6.45) is 0. The number of nitrogens with zero attached hydrogens (tertiary/aromatic N) is 2. The van der Waals surface area contributed by atoms with Crippen LogP contribution in [0.3, 0.4) is 0 Å². The summed E-state index contributed by atoms with van der Waals surface area (Å²) in [5.74, 6) is -0.153. The topological polar surface area (TPSA) is 58.8 Å². The van der Waals surface area contributed by atoms with Gasteiger partial charge in [0.1, 0.15) is 0 Å². The second kappa shape index (κ2) is 6.45. The van der Waals surface area contributed by atoms with E-state index in [-0.39, 0.29) is 11.5 Å². The van der Waals surface area contributed by atoms with E-state index in [1.54, 1.807) is 0 Å². The second-order valence-corrected chi connectivity index (χ2v) is 5.43. The minimum Gasteiger partial charge on any atom is -0.465 e. The van der Waals surface area contributed by atoms with Crippen LogP contribution in [0.15, 0.2) is 0 Å². The Bertz CT molecular complexity index is 312. The SMILES string of the molecule is CCOC(=O)CN1CCN(C(C)(C)C(N)=S)CC1. The molecule has 0 bridgehead atoms. The van der Waals surface area contributed by atoms with Crippen LogP contribution in [-0.2, 0) is 9.53 Å². The molecule has 0 atom stereocenters. The molecule has 0 spiro atoms. The molecule has 0 aromatic heterocycles. The maximum Gasteiger partial charge on any atom is 0.320 e. The smallest absolute Gasteiger partial charge is 0.320 e. The van der Waals surface area contributed by atoms with E-state index in [0.717, 1.165) is 26.2 Å². The zero-order valence-corrected chi connectivity index (χ0v) is 12.3. The number of piperazine rings is 1. The highest BCUT2D eigenvalue weighted by atomic mass is 32.1. The molecule has 0 saturated carbocycles. The molecule has 2 N–H and O–H groups in total. The predicted octanol–water partition coefficient (Wildman–Crippen LogP) is 0.232. The quantitative estimate of drug-likeness (QED) is 0.572. The first-order chi connectivity index (χ1) is 8.37. The Hall–Kier alpha value is -0.720. The third-order valence-corrected chi connectivity index (χ3v) is 3.92. The number of carbonyl (C=O) groups is 1. The number of esters is 1. The summed E-state index contributed by atoms with van der Waals surface area (Å²) in [6, 6.07) is 0. The molecule has 1 saturated heterocycles. The van der Waals surface area contributed by atoms with Gasteiger partial charge in [-0.25, -0.2) is 0 Å². The average Bonchev–Trinajstić information content (AvgIpc) is 2.29. The van der Waals surface area contributed by atoms with Gasteiger partial charge in [0, 0.05) is 26.2 Å². The van der Waals surface area contributed by atoms with Crippen LogP contribution in [0.1, 0.15) is 20.8 Å². The maximum atomic E-state index is 11.4. The van der Waals surface area contributed by atoms with Crippen molar-refractivity contribution in [1.82, 2.24) is 9.80 Å². The van der Waals surface area contributed by atoms with Crippen LogP contribution in [0, 0.1) is 0 Å². The monoisotopic (exact) mass is 273 g/mol. The molecule has 5 nitrogen and oxygen atoms in total. The highest BCUT2D eigenvalue weighted by Crippen LogP contribution is 2.17. The normalized spacial score (nSPS) is 18.6. The summed E-state index contributed by atoms with van der Waals surface area (Å²) in [5, 5.41) is 0. The summed E-state index contributed by atoms with van der Waals surface area (Å²) in [5.41, 5.74) is 5.50. The first-order valence-electron chi connectivity index (χ1n) is 6.31. The van der Waals surface area contributed by atoms with Gasteiger partial charge in [-0.2, -0.15) is 0 Å². The Kier molecular flexibility index (Phi) is 5.49. The Balaban J connectivity index is 2.42. The number of hydrogen-bond acceptors (Lipinski definition) is 5. The van der Waals surface area contributed by atoms with Crippen LogP contribution in [0.2, 0.25) is 0 Å². The predicted molar refractivity (Wildman–Crippen MR) is 75.5 cm³/mol. The van der Waals surface area contributed by atoms with Crippen molar-refractivity contribution in [2.45, 2.75) is 26.3 Å². The Labute approximate surface area is 114 Å². The third kappa shape index (κ3) is 3.90. The van der Waals surface area contributed by atoms with Gasteiger partial charge >= 0.3 is 5.97 Å².